The summed E-state index contributed by atoms with van der Waals surface area (Å²) in [6.45, 7) is 0.596. The van der Waals surface area contributed by atoms with E-state index in [2.05, 4.69) is 9.72 Å². The Bertz CT molecular complexity index is 702. The number of pyridine rings is 1. The summed E-state index contributed by atoms with van der Waals surface area (Å²) in [5.74, 6) is 0.214. The van der Waals surface area contributed by atoms with Crippen molar-refractivity contribution in [1.29, 1.82) is 0 Å². The molecule has 0 amide bonds. The van der Waals surface area contributed by atoms with Crippen LogP contribution in [0.3, 0.4) is 0 Å². The standard InChI is InChI=1S/C13H11NO4/c1-17-13(16)9-6-10(15)7-2-3-11-8(4-5-18-11)12(7)14-9/h2-3,6H,4-5H2,1H3,(H,14,15). The molecule has 0 spiro atoms. The largest absolute Gasteiger partial charge is 0.493 e. The van der Waals surface area contributed by atoms with Gasteiger partial charge in [-0.05, 0) is 12.1 Å². The second-order valence-corrected chi connectivity index (χ2v) is 4.10. The molecule has 0 bridgehead atoms. The first kappa shape index (κ1) is 10.8. The Kier molecular flexibility index (Phi) is 2.33. The zero-order chi connectivity index (χ0) is 12.7. The van der Waals surface area contributed by atoms with E-state index in [1.54, 1.807) is 12.1 Å². The molecule has 1 aromatic heterocycles. The molecule has 1 aliphatic rings. The highest BCUT2D eigenvalue weighted by molar-refractivity contribution is 5.92. The first-order chi connectivity index (χ1) is 8.70. The van der Waals surface area contributed by atoms with Crippen LogP contribution < -0.4 is 10.2 Å². The van der Waals surface area contributed by atoms with Gasteiger partial charge in [0.15, 0.2) is 5.43 Å². The maximum atomic E-state index is 12.0. The lowest BCUT2D eigenvalue weighted by Crippen LogP contribution is -2.12. The number of H-pyrrole nitrogens is 1. The molecule has 0 saturated carbocycles. The first-order valence-corrected chi connectivity index (χ1v) is 5.61. The number of ether oxygens (including phenoxy) is 2. The van der Waals surface area contributed by atoms with Crippen molar-refractivity contribution in [2.24, 2.45) is 0 Å². The van der Waals surface area contributed by atoms with E-state index in [1.165, 1.54) is 13.2 Å². The van der Waals surface area contributed by atoms with Crippen LogP contribution >= 0.6 is 0 Å². The summed E-state index contributed by atoms with van der Waals surface area (Å²) in [5.41, 5.74) is 1.57. The third kappa shape index (κ3) is 1.48. The summed E-state index contributed by atoms with van der Waals surface area (Å²) in [5, 5.41) is 0.562. The number of benzene rings is 1. The van der Waals surface area contributed by atoms with Crippen LogP contribution in [-0.4, -0.2) is 24.7 Å². The van der Waals surface area contributed by atoms with Gasteiger partial charge < -0.3 is 14.5 Å². The Balaban J connectivity index is 2.34. The maximum Gasteiger partial charge on any atom is 0.354 e. The van der Waals surface area contributed by atoms with Crippen LogP contribution in [0.2, 0.25) is 0 Å². The second-order valence-electron chi connectivity index (χ2n) is 4.10. The van der Waals surface area contributed by atoms with E-state index in [1.807, 2.05) is 0 Å². The predicted octanol–water partition coefficient (Wildman–Crippen LogP) is 1.25. The summed E-state index contributed by atoms with van der Waals surface area (Å²) in [4.78, 5) is 26.4. The zero-order valence-corrected chi connectivity index (χ0v) is 9.78. The molecule has 0 radical (unpaired) electrons. The third-order valence-electron chi connectivity index (χ3n) is 3.09. The highest BCUT2D eigenvalue weighted by Crippen LogP contribution is 2.30. The van der Waals surface area contributed by atoms with Crippen molar-refractivity contribution in [2.75, 3.05) is 13.7 Å². The number of carbonyl (C=O) groups is 1. The molecule has 5 heteroatoms. The van der Waals surface area contributed by atoms with Crippen LogP contribution in [0.15, 0.2) is 23.0 Å². The summed E-state index contributed by atoms with van der Waals surface area (Å²) >= 11 is 0. The van der Waals surface area contributed by atoms with Crippen LogP contribution in [0.4, 0.5) is 0 Å². The number of rotatable bonds is 1. The van der Waals surface area contributed by atoms with Crippen molar-refractivity contribution in [3.63, 3.8) is 0 Å². The van der Waals surface area contributed by atoms with E-state index in [-0.39, 0.29) is 11.1 Å². The molecule has 18 heavy (non-hydrogen) atoms. The summed E-state index contributed by atoms with van der Waals surface area (Å²) in [7, 11) is 1.28. The van der Waals surface area contributed by atoms with Gasteiger partial charge in [0.2, 0.25) is 0 Å². The quantitative estimate of drug-likeness (QED) is 0.768. The van der Waals surface area contributed by atoms with Gasteiger partial charge >= 0.3 is 5.97 Å². The van der Waals surface area contributed by atoms with E-state index < -0.39 is 5.97 Å². The smallest absolute Gasteiger partial charge is 0.354 e. The Hall–Kier alpha value is -2.30. The van der Waals surface area contributed by atoms with Gasteiger partial charge in [-0.1, -0.05) is 0 Å². The molecular formula is C13H11NO4. The van der Waals surface area contributed by atoms with E-state index in [0.29, 0.717) is 17.5 Å². The van der Waals surface area contributed by atoms with Gasteiger partial charge in [-0.3, -0.25) is 4.79 Å². The SMILES string of the molecule is COC(=O)c1cc(=O)c2ccc3c(c2[nH]1)CCO3. The van der Waals surface area contributed by atoms with Crippen molar-refractivity contribution in [3.05, 3.63) is 39.7 Å². The molecule has 92 valence electrons. The number of esters is 1. The van der Waals surface area contributed by atoms with Crippen LogP contribution in [0.5, 0.6) is 5.75 Å². The number of hydrogen-bond acceptors (Lipinski definition) is 4. The Labute approximate surface area is 102 Å². The molecule has 1 N–H and O–H groups in total. The van der Waals surface area contributed by atoms with Gasteiger partial charge in [0, 0.05) is 23.4 Å². The molecular weight excluding hydrogens is 234 g/mol. The van der Waals surface area contributed by atoms with Crippen molar-refractivity contribution in [2.45, 2.75) is 6.42 Å². The average Bonchev–Trinajstić information content (AvgIpc) is 2.86. The van der Waals surface area contributed by atoms with Crippen molar-refractivity contribution in [3.8, 4) is 5.75 Å². The number of hydrogen-bond donors (Lipinski definition) is 1. The molecule has 0 atom stereocenters. The van der Waals surface area contributed by atoms with Gasteiger partial charge in [-0.25, -0.2) is 4.79 Å². The summed E-state index contributed by atoms with van der Waals surface area (Å²) in [6.07, 6.45) is 0.729. The summed E-state index contributed by atoms with van der Waals surface area (Å²) < 4.78 is 10.1. The number of fused-ring (bicyclic) bond motifs is 3. The van der Waals surface area contributed by atoms with E-state index in [4.69, 9.17) is 4.74 Å². The minimum Gasteiger partial charge on any atom is -0.493 e. The summed E-state index contributed by atoms with van der Waals surface area (Å²) in [6, 6.07) is 4.76. The minimum absolute atomic E-state index is 0.162. The molecule has 0 fully saturated rings. The number of nitrogens with one attached hydrogen (secondary N) is 1. The van der Waals surface area contributed by atoms with Crippen LogP contribution in [0.1, 0.15) is 16.1 Å². The van der Waals surface area contributed by atoms with E-state index in [0.717, 1.165) is 17.7 Å². The molecule has 1 aliphatic heterocycles. The van der Waals surface area contributed by atoms with Gasteiger partial charge in [-0.15, -0.1) is 0 Å². The van der Waals surface area contributed by atoms with Crippen LogP contribution in [0.25, 0.3) is 10.9 Å². The lowest BCUT2D eigenvalue weighted by molar-refractivity contribution is 0.0594. The second kappa shape index (κ2) is 3.87. The minimum atomic E-state index is -0.550. The van der Waals surface area contributed by atoms with Crippen molar-refractivity contribution in [1.82, 2.24) is 4.98 Å². The highest BCUT2D eigenvalue weighted by atomic mass is 16.5. The molecule has 3 rings (SSSR count). The monoisotopic (exact) mass is 245 g/mol. The molecule has 2 aromatic rings. The average molecular weight is 245 g/mol. The number of carbonyl (C=O) groups excluding carboxylic acids is 1. The first-order valence-electron chi connectivity index (χ1n) is 5.61. The van der Waals surface area contributed by atoms with Crippen LogP contribution in [-0.2, 0) is 11.2 Å². The lowest BCUT2D eigenvalue weighted by atomic mass is 10.1. The van der Waals surface area contributed by atoms with Crippen molar-refractivity contribution < 1.29 is 14.3 Å². The lowest BCUT2D eigenvalue weighted by Gasteiger charge is -2.06. The zero-order valence-electron chi connectivity index (χ0n) is 9.78. The van der Waals surface area contributed by atoms with Gasteiger partial charge in [-0.2, -0.15) is 0 Å². The maximum absolute atomic E-state index is 12.0. The molecule has 1 aromatic carbocycles. The Morgan fingerprint density at radius 1 is 1.44 bits per heavy atom. The van der Waals surface area contributed by atoms with E-state index >= 15 is 0 Å². The molecule has 0 unspecified atom stereocenters. The predicted molar refractivity (Wildman–Crippen MR) is 65.1 cm³/mol. The Morgan fingerprint density at radius 3 is 3.06 bits per heavy atom. The van der Waals surface area contributed by atoms with Gasteiger partial charge in [0.1, 0.15) is 11.4 Å². The fourth-order valence-corrected chi connectivity index (χ4v) is 2.22. The molecule has 0 aliphatic carbocycles. The number of methoxy groups -OCH3 is 1. The fraction of sp³-hybridized carbons (Fsp3) is 0.231. The van der Waals surface area contributed by atoms with Crippen molar-refractivity contribution >= 4 is 16.9 Å². The molecule has 5 nitrogen and oxygen atoms in total. The molecule has 0 saturated heterocycles. The van der Waals surface area contributed by atoms with E-state index in [9.17, 15) is 9.59 Å². The molecule has 2 heterocycles. The third-order valence-corrected chi connectivity index (χ3v) is 3.09. The Morgan fingerprint density at radius 2 is 2.28 bits per heavy atom. The van der Waals surface area contributed by atoms with Crippen LogP contribution in [0, 0.1) is 0 Å². The normalized spacial score (nSPS) is 13.2. The van der Waals surface area contributed by atoms with Gasteiger partial charge in [0.25, 0.3) is 0 Å². The topological polar surface area (TPSA) is 68.4 Å². The highest BCUT2D eigenvalue weighted by Gasteiger charge is 2.18. The number of aromatic amines is 1. The van der Waals surface area contributed by atoms with Gasteiger partial charge in [0.05, 0.1) is 19.2 Å². The fourth-order valence-electron chi connectivity index (χ4n) is 2.22. The number of aromatic nitrogens is 1.